The zero-order chi connectivity index (χ0) is 16.7. The monoisotopic (exact) mass is 349 g/mol. The molecule has 1 N–H and O–H groups in total. The van der Waals surface area contributed by atoms with Gasteiger partial charge in [0.15, 0.2) is 0 Å². The van der Waals surface area contributed by atoms with Crippen LogP contribution in [0.4, 0.5) is 10.1 Å². The van der Waals surface area contributed by atoms with Gasteiger partial charge in [-0.1, -0.05) is 42.8 Å². The smallest absolute Gasteiger partial charge is 0.150 e. The molecule has 0 bridgehead atoms. The maximum Gasteiger partial charge on any atom is 0.150 e. The van der Waals surface area contributed by atoms with Crippen LogP contribution in [0.3, 0.4) is 0 Å². The summed E-state index contributed by atoms with van der Waals surface area (Å²) < 4.78 is 13.3. The number of carbonyl (C=O) groups is 1. The fourth-order valence-electron chi connectivity index (χ4n) is 2.05. The normalized spacial score (nSPS) is 12.7. The van der Waals surface area contributed by atoms with E-state index >= 15 is 0 Å². The van der Waals surface area contributed by atoms with Gasteiger partial charge in [-0.3, -0.25) is 4.79 Å². The van der Waals surface area contributed by atoms with Gasteiger partial charge in [-0.05, 0) is 41.7 Å². The van der Waals surface area contributed by atoms with Gasteiger partial charge in [-0.25, -0.2) is 4.39 Å². The zero-order valence-corrected chi connectivity index (χ0v) is 14.2. The van der Waals surface area contributed by atoms with Gasteiger partial charge in [0.05, 0.1) is 10.4 Å². The Kier molecular flexibility index (Phi) is 6.68. The first-order chi connectivity index (χ1) is 11.1. The van der Waals surface area contributed by atoms with E-state index < -0.39 is 5.82 Å². The van der Waals surface area contributed by atoms with Gasteiger partial charge in [0.25, 0.3) is 0 Å². The van der Waals surface area contributed by atoms with Gasteiger partial charge in [-0.15, -0.1) is 11.8 Å². The minimum Gasteiger partial charge on any atom is -0.370 e. The molecule has 1 atom stereocenters. The van der Waals surface area contributed by atoms with Crippen molar-refractivity contribution in [2.45, 2.75) is 12.3 Å². The van der Waals surface area contributed by atoms with Crippen LogP contribution in [0.5, 0.6) is 0 Å². The van der Waals surface area contributed by atoms with Crippen LogP contribution in [0.25, 0.3) is 5.57 Å². The Labute approximate surface area is 144 Å². The van der Waals surface area contributed by atoms with Crippen LogP contribution in [0.2, 0.25) is 5.02 Å². The lowest BCUT2D eigenvalue weighted by Crippen LogP contribution is -2.13. The van der Waals surface area contributed by atoms with E-state index in [0.29, 0.717) is 11.1 Å². The number of thioether (sulfide) groups is 1. The summed E-state index contributed by atoms with van der Waals surface area (Å²) in [6.45, 7) is 2.05. The van der Waals surface area contributed by atoms with Crippen molar-refractivity contribution < 1.29 is 9.18 Å². The van der Waals surface area contributed by atoms with E-state index in [1.54, 1.807) is 17.8 Å². The van der Waals surface area contributed by atoms with Gasteiger partial charge >= 0.3 is 0 Å². The van der Waals surface area contributed by atoms with E-state index in [4.69, 9.17) is 11.6 Å². The Balaban J connectivity index is 2.27. The van der Waals surface area contributed by atoms with Crippen molar-refractivity contribution in [1.82, 2.24) is 0 Å². The summed E-state index contributed by atoms with van der Waals surface area (Å²) in [6, 6.07) is 14.0. The molecule has 23 heavy (non-hydrogen) atoms. The van der Waals surface area contributed by atoms with Gasteiger partial charge in [0.2, 0.25) is 0 Å². The highest BCUT2D eigenvalue weighted by atomic mass is 35.5. The van der Waals surface area contributed by atoms with Crippen LogP contribution >= 0.6 is 23.4 Å². The molecule has 1 unspecified atom stereocenters. The maximum absolute atomic E-state index is 13.3. The number of carbonyl (C=O) groups excluding carboxylic acids is 1. The first kappa shape index (κ1) is 17.6. The Morgan fingerprint density at radius 3 is 2.65 bits per heavy atom. The Bertz CT molecular complexity index is 691. The highest BCUT2D eigenvalue weighted by Gasteiger charge is 2.10. The molecule has 2 aromatic rings. The molecule has 0 aliphatic rings. The van der Waals surface area contributed by atoms with Crippen molar-refractivity contribution in [2.24, 2.45) is 0 Å². The van der Waals surface area contributed by atoms with Gasteiger partial charge in [-0.2, -0.15) is 0 Å². The minimum atomic E-state index is -0.498. The van der Waals surface area contributed by atoms with Crippen molar-refractivity contribution in [3.8, 4) is 0 Å². The number of aldehydes is 1. The van der Waals surface area contributed by atoms with Gasteiger partial charge in [0.1, 0.15) is 12.1 Å². The minimum absolute atomic E-state index is 0.00552. The third-order valence-electron chi connectivity index (χ3n) is 3.14. The molecule has 0 aliphatic heterocycles. The van der Waals surface area contributed by atoms with Gasteiger partial charge < -0.3 is 5.32 Å². The molecule has 0 saturated carbocycles. The predicted octanol–water partition coefficient (Wildman–Crippen LogP) is 5.25. The summed E-state index contributed by atoms with van der Waals surface area (Å²) in [4.78, 5) is 11.5. The molecule has 0 heterocycles. The summed E-state index contributed by atoms with van der Waals surface area (Å²) in [5.74, 6) is 0.389. The number of hydrogen-bond donors (Lipinski definition) is 1. The highest BCUT2D eigenvalue weighted by Crippen LogP contribution is 2.24. The molecule has 0 fully saturated rings. The van der Waals surface area contributed by atoms with Crippen molar-refractivity contribution in [1.29, 1.82) is 0 Å². The number of allylic oxidation sites excluding steroid dienone is 1. The summed E-state index contributed by atoms with van der Waals surface area (Å²) in [6.07, 6.45) is 2.59. The number of hydrogen-bond acceptors (Lipinski definition) is 3. The molecule has 5 heteroatoms. The summed E-state index contributed by atoms with van der Waals surface area (Å²) in [5, 5.41) is 3.29. The molecule has 0 saturated heterocycles. The summed E-state index contributed by atoms with van der Waals surface area (Å²) in [5.41, 5.74) is 2.04. The molecule has 0 aromatic heterocycles. The largest absolute Gasteiger partial charge is 0.370 e. The van der Waals surface area contributed by atoms with E-state index in [0.717, 1.165) is 17.7 Å². The van der Waals surface area contributed by atoms with Crippen LogP contribution in [-0.2, 0) is 4.79 Å². The quantitative estimate of drug-likeness (QED) is 0.420. The van der Waals surface area contributed by atoms with Crippen LogP contribution in [0, 0.1) is 5.82 Å². The fraction of sp³-hybridized carbons (Fsp3) is 0.167. The van der Waals surface area contributed by atoms with Crippen LogP contribution < -0.4 is 5.32 Å². The first-order valence-corrected chi connectivity index (χ1v) is 8.62. The van der Waals surface area contributed by atoms with Crippen molar-refractivity contribution >= 4 is 40.9 Å². The Morgan fingerprint density at radius 2 is 2.04 bits per heavy atom. The van der Waals surface area contributed by atoms with E-state index in [1.165, 1.54) is 12.1 Å². The number of benzene rings is 2. The molecule has 0 aliphatic carbocycles. The van der Waals surface area contributed by atoms with E-state index in [-0.39, 0.29) is 10.4 Å². The zero-order valence-electron chi connectivity index (χ0n) is 12.6. The Hall–Kier alpha value is -1.78. The van der Waals surface area contributed by atoms with Crippen molar-refractivity contribution in [2.75, 3.05) is 11.1 Å². The standard InChI is InChI=1S/C18H17ClFNOS/c1-2-23-18(21-15-6-4-3-5-7-15)11-14(12-22)13-8-9-17(20)16(19)10-13/h3-12,18,21H,2H2,1H3/b14-11-. The molecule has 0 radical (unpaired) electrons. The average Bonchev–Trinajstić information content (AvgIpc) is 2.56. The SMILES string of the molecule is CCSC(/C=C(/C=O)c1ccc(F)c(Cl)c1)Nc1ccccc1. The maximum atomic E-state index is 13.3. The first-order valence-electron chi connectivity index (χ1n) is 7.19. The highest BCUT2D eigenvalue weighted by molar-refractivity contribution is 8.00. The van der Waals surface area contributed by atoms with E-state index in [1.807, 2.05) is 43.3 Å². The number of anilines is 1. The molecule has 0 spiro atoms. The average molecular weight is 350 g/mol. The second-order valence-corrected chi connectivity index (χ2v) is 6.58. The molecular formula is C18H17ClFNOS. The van der Waals surface area contributed by atoms with Crippen LogP contribution in [-0.4, -0.2) is 17.4 Å². The number of para-hydroxylation sites is 1. The molecule has 0 amide bonds. The molecule has 2 rings (SSSR count). The number of nitrogens with one attached hydrogen (secondary N) is 1. The third-order valence-corrected chi connectivity index (χ3v) is 4.38. The Morgan fingerprint density at radius 1 is 1.30 bits per heavy atom. The van der Waals surface area contributed by atoms with E-state index in [9.17, 15) is 9.18 Å². The molecule has 2 aromatic carbocycles. The van der Waals surface area contributed by atoms with Crippen molar-refractivity contribution in [3.63, 3.8) is 0 Å². The van der Waals surface area contributed by atoms with Gasteiger partial charge in [0, 0.05) is 11.3 Å². The lowest BCUT2D eigenvalue weighted by atomic mass is 10.1. The summed E-state index contributed by atoms with van der Waals surface area (Å²) in [7, 11) is 0. The molecular weight excluding hydrogens is 333 g/mol. The van der Waals surface area contributed by atoms with Crippen molar-refractivity contribution in [3.05, 3.63) is 71.0 Å². The number of halogens is 2. The lowest BCUT2D eigenvalue weighted by molar-refractivity contribution is -0.103. The van der Waals surface area contributed by atoms with Crippen LogP contribution in [0.1, 0.15) is 12.5 Å². The third kappa shape index (κ3) is 5.12. The fourth-order valence-corrected chi connectivity index (χ4v) is 3.05. The second-order valence-electron chi connectivity index (χ2n) is 4.76. The molecule has 2 nitrogen and oxygen atoms in total. The lowest BCUT2D eigenvalue weighted by Gasteiger charge is -2.16. The van der Waals surface area contributed by atoms with E-state index in [2.05, 4.69) is 5.32 Å². The topological polar surface area (TPSA) is 29.1 Å². The predicted molar refractivity (Wildman–Crippen MR) is 97.4 cm³/mol. The molecule has 120 valence electrons. The summed E-state index contributed by atoms with van der Waals surface area (Å²) >= 11 is 7.47. The van der Waals surface area contributed by atoms with Crippen LogP contribution in [0.15, 0.2) is 54.6 Å². The number of rotatable bonds is 7. The second kappa shape index (κ2) is 8.75.